The molecule has 0 aliphatic rings. The number of nitrogens with two attached hydrogens (primary N) is 2. The van der Waals surface area contributed by atoms with Gasteiger partial charge in [-0.2, -0.15) is 0 Å². The van der Waals surface area contributed by atoms with E-state index >= 15 is 0 Å². The Kier molecular flexibility index (Phi) is 12.0. The molecule has 0 aromatic heterocycles. The lowest BCUT2D eigenvalue weighted by atomic mass is 9.97. The molecular weight excluding hydrogens is 356 g/mol. The Morgan fingerprint density at radius 1 is 1.00 bits per heavy atom. The molecule has 0 bridgehead atoms. The summed E-state index contributed by atoms with van der Waals surface area (Å²) in [6, 6.07) is -3.11. The monoisotopic (exact) mass is 388 g/mol. The summed E-state index contributed by atoms with van der Waals surface area (Å²) in [6.45, 7) is 4.08. The molecule has 27 heavy (non-hydrogen) atoms. The number of hydrogen-bond acceptors (Lipinski definition) is 6. The van der Waals surface area contributed by atoms with E-state index in [4.69, 9.17) is 16.6 Å². The van der Waals surface area contributed by atoms with Gasteiger partial charge in [0.15, 0.2) is 0 Å². The topological polar surface area (TPSA) is 185 Å². The number of aliphatic carboxylic acids is 2. The molecule has 4 atom stereocenters. The lowest BCUT2D eigenvalue weighted by molar-refractivity contribution is -0.143. The van der Waals surface area contributed by atoms with Gasteiger partial charge in [0, 0.05) is 6.42 Å². The molecule has 0 aliphatic heterocycles. The van der Waals surface area contributed by atoms with Crippen LogP contribution in [0.4, 0.5) is 0 Å². The number of carbonyl (C=O) groups excluding carboxylic acids is 2. The van der Waals surface area contributed by atoms with Crippen molar-refractivity contribution in [2.75, 3.05) is 6.54 Å². The predicted molar refractivity (Wildman–Crippen MR) is 98.7 cm³/mol. The van der Waals surface area contributed by atoms with Crippen molar-refractivity contribution in [1.82, 2.24) is 10.6 Å². The van der Waals surface area contributed by atoms with E-state index in [1.807, 2.05) is 6.92 Å². The van der Waals surface area contributed by atoms with Crippen LogP contribution in [0.5, 0.6) is 0 Å². The third-order valence-corrected chi connectivity index (χ3v) is 4.36. The van der Waals surface area contributed by atoms with Gasteiger partial charge in [0.25, 0.3) is 0 Å². The van der Waals surface area contributed by atoms with Crippen LogP contribution < -0.4 is 22.1 Å². The third kappa shape index (κ3) is 9.90. The van der Waals surface area contributed by atoms with Gasteiger partial charge in [-0.1, -0.05) is 26.7 Å². The Balaban J connectivity index is 4.99. The van der Waals surface area contributed by atoms with Crippen LogP contribution in [0.1, 0.15) is 52.4 Å². The van der Waals surface area contributed by atoms with Crippen LogP contribution in [0, 0.1) is 5.92 Å². The summed E-state index contributed by atoms with van der Waals surface area (Å²) >= 11 is 0. The summed E-state index contributed by atoms with van der Waals surface area (Å²) in [4.78, 5) is 46.7. The highest BCUT2D eigenvalue weighted by molar-refractivity contribution is 5.92. The van der Waals surface area contributed by atoms with Gasteiger partial charge in [-0.05, 0) is 31.7 Å². The summed E-state index contributed by atoms with van der Waals surface area (Å²) in [7, 11) is 0. The molecule has 0 aliphatic carbocycles. The van der Waals surface area contributed by atoms with Gasteiger partial charge in [0.1, 0.15) is 12.1 Å². The number of nitrogens with one attached hydrogen (secondary N) is 2. The molecule has 0 saturated carbocycles. The largest absolute Gasteiger partial charge is 0.481 e. The van der Waals surface area contributed by atoms with E-state index in [9.17, 15) is 24.3 Å². The van der Waals surface area contributed by atoms with Crippen molar-refractivity contribution in [3.05, 3.63) is 0 Å². The third-order valence-electron chi connectivity index (χ3n) is 4.36. The fraction of sp³-hybridized carbons (Fsp3) is 0.765. The first-order valence-electron chi connectivity index (χ1n) is 9.14. The van der Waals surface area contributed by atoms with Crippen molar-refractivity contribution >= 4 is 23.8 Å². The van der Waals surface area contributed by atoms with Gasteiger partial charge in [-0.3, -0.25) is 14.4 Å². The minimum absolute atomic E-state index is 0.254. The van der Waals surface area contributed by atoms with Crippen molar-refractivity contribution in [3.8, 4) is 0 Å². The van der Waals surface area contributed by atoms with Crippen molar-refractivity contribution in [3.63, 3.8) is 0 Å². The molecule has 0 heterocycles. The van der Waals surface area contributed by atoms with E-state index in [-0.39, 0.29) is 12.3 Å². The highest BCUT2D eigenvalue weighted by Gasteiger charge is 2.31. The van der Waals surface area contributed by atoms with Gasteiger partial charge in [0.2, 0.25) is 11.8 Å². The maximum atomic E-state index is 12.5. The quantitative estimate of drug-likeness (QED) is 0.213. The van der Waals surface area contributed by atoms with E-state index in [2.05, 4.69) is 10.6 Å². The van der Waals surface area contributed by atoms with E-state index in [0.29, 0.717) is 25.8 Å². The number of rotatable bonds is 14. The van der Waals surface area contributed by atoms with Gasteiger partial charge < -0.3 is 32.3 Å². The SMILES string of the molecule is CC[C@H](C)[C@H](NC(=O)[C@@H](N)CCCCN)C(=O)N[C@@H](CCC(=O)O)C(=O)O. The molecule has 0 aromatic rings. The van der Waals surface area contributed by atoms with Crippen molar-refractivity contribution < 1.29 is 29.4 Å². The van der Waals surface area contributed by atoms with E-state index < -0.39 is 48.3 Å². The Hall–Kier alpha value is -2.20. The maximum Gasteiger partial charge on any atom is 0.326 e. The fourth-order valence-electron chi connectivity index (χ4n) is 2.39. The van der Waals surface area contributed by atoms with Crippen molar-refractivity contribution in [2.24, 2.45) is 17.4 Å². The van der Waals surface area contributed by atoms with Crippen LogP contribution in [0.3, 0.4) is 0 Å². The number of carboxylic acid groups (broad SMARTS) is 2. The summed E-state index contributed by atoms with van der Waals surface area (Å²) in [5.41, 5.74) is 11.2. The number of hydrogen-bond donors (Lipinski definition) is 6. The molecule has 10 heteroatoms. The lowest BCUT2D eigenvalue weighted by Gasteiger charge is -2.26. The van der Waals surface area contributed by atoms with Crippen LogP contribution in [0.15, 0.2) is 0 Å². The molecule has 8 N–H and O–H groups in total. The first kappa shape index (κ1) is 24.8. The first-order chi connectivity index (χ1) is 12.6. The summed E-state index contributed by atoms with van der Waals surface area (Å²) in [5.74, 6) is -3.93. The van der Waals surface area contributed by atoms with Crippen molar-refractivity contribution in [2.45, 2.75) is 70.5 Å². The minimum atomic E-state index is -1.35. The summed E-state index contributed by atoms with van der Waals surface area (Å²) in [6.07, 6.45) is 1.75. The highest BCUT2D eigenvalue weighted by Crippen LogP contribution is 2.10. The van der Waals surface area contributed by atoms with E-state index in [1.54, 1.807) is 6.92 Å². The molecule has 0 fully saturated rings. The molecule has 0 radical (unpaired) electrons. The second kappa shape index (κ2) is 13.0. The van der Waals surface area contributed by atoms with Crippen LogP contribution in [-0.2, 0) is 19.2 Å². The highest BCUT2D eigenvalue weighted by atomic mass is 16.4. The Morgan fingerprint density at radius 2 is 1.63 bits per heavy atom. The Bertz CT molecular complexity index is 514. The normalized spacial score (nSPS) is 15.3. The van der Waals surface area contributed by atoms with E-state index in [1.165, 1.54) is 0 Å². The predicted octanol–water partition coefficient (Wildman–Crippen LogP) is -0.592. The number of carbonyl (C=O) groups is 4. The molecule has 0 unspecified atom stereocenters. The fourth-order valence-corrected chi connectivity index (χ4v) is 2.39. The molecule has 0 rings (SSSR count). The van der Waals surface area contributed by atoms with Crippen LogP contribution in [0.2, 0.25) is 0 Å². The van der Waals surface area contributed by atoms with Gasteiger partial charge in [-0.25, -0.2) is 4.79 Å². The molecule has 0 spiro atoms. The lowest BCUT2D eigenvalue weighted by Crippen LogP contribution is -2.56. The number of amides is 2. The van der Waals surface area contributed by atoms with Crippen LogP contribution in [0.25, 0.3) is 0 Å². The average molecular weight is 388 g/mol. The molecular formula is C17H32N4O6. The maximum absolute atomic E-state index is 12.5. The smallest absolute Gasteiger partial charge is 0.326 e. The number of carboxylic acids is 2. The van der Waals surface area contributed by atoms with E-state index in [0.717, 1.165) is 6.42 Å². The van der Waals surface area contributed by atoms with Crippen LogP contribution >= 0.6 is 0 Å². The number of unbranched alkanes of at least 4 members (excludes halogenated alkanes) is 1. The Morgan fingerprint density at radius 3 is 2.11 bits per heavy atom. The molecule has 0 aromatic carbocycles. The molecule has 10 nitrogen and oxygen atoms in total. The Labute approximate surface area is 159 Å². The second-order valence-corrected chi connectivity index (χ2v) is 6.59. The summed E-state index contributed by atoms with van der Waals surface area (Å²) < 4.78 is 0. The zero-order valence-electron chi connectivity index (χ0n) is 15.9. The molecule has 0 saturated heterocycles. The van der Waals surface area contributed by atoms with Gasteiger partial charge in [-0.15, -0.1) is 0 Å². The summed E-state index contributed by atoms with van der Waals surface area (Å²) in [5, 5.41) is 22.8. The molecule has 156 valence electrons. The zero-order valence-corrected chi connectivity index (χ0v) is 15.9. The standard InChI is InChI=1S/C17H32N4O6/c1-3-10(2)14(21-15(24)11(19)6-4-5-9-18)16(25)20-12(17(26)27)7-8-13(22)23/h10-12,14H,3-9,18-19H2,1-2H3,(H,20,25)(H,21,24)(H,22,23)(H,26,27)/t10-,11-,12-,14-/m0/s1. The van der Waals surface area contributed by atoms with Gasteiger partial charge in [0.05, 0.1) is 6.04 Å². The second-order valence-electron chi connectivity index (χ2n) is 6.59. The van der Waals surface area contributed by atoms with Crippen molar-refractivity contribution in [1.29, 1.82) is 0 Å². The zero-order chi connectivity index (χ0) is 21.0. The molecule has 2 amide bonds. The first-order valence-corrected chi connectivity index (χ1v) is 9.14. The minimum Gasteiger partial charge on any atom is -0.481 e. The average Bonchev–Trinajstić information content (AvgIpc) is 2.61. The van der Waals surface area contributed by atoms with Crippen LogP contribution in [-0.4, -0.2) is 58.6 Å². The van der Waals surface area contributed by atoms with Gasteiger partial charge >= 0.3 is 11.9 Å².